The number of nitriles is 1. The smallest absolute Gasteiger partial charge is 0.303 e. The van der Waals surface area contributed by atoms with E-state index in [2.05, 4.69) is 0 Å². The van der Waals surface area contributed by atoms with Crippen molar-refractivity contribution in [3.63, 3.8) is 0 Å². The number of alkyl halides is 1. The molecular formula is C23H21F2NO5S. The third-order valence-corrected chi connectivity index (χ3v) is 6.60. The first kappa shape index (κ1) is 23.5. The molecule has 1 aliphatic rings. The summed E-state index contributed by atoms with van der Waals surface area (Å²) < 4.78 is 58.6. The number of benzene rings is 2. The molecule has 0 N–H and O–H groups in total. The van der Waals surface area contributed by atoms with Crippen LogP contribution < -0.4 is 0 Å². The molecule has 2 aromatic rings. The molecule has 0 aliphatic heterocycles. The molecule has 2 unspecified atom stereocenters. The zero-order valence-electron chi connectivity index (χ0n) is 17.7. The van der Waals surface area contributed by atoms with Crippen LogP contribution in [0.25, 0.3) is 0 Å². The van der Waals surface area contributed by atoms with Gasteiger partial charge in [-0.05, 0) is 41.3 Å². The van der Waals surface area contributed by atoms with E-state index in [-0.39, 0.29) is 52.2 Å². The highest BCUT2D eigenvalue weighted by Crippen LogP contribution is 2.43. The highest BCUT2D eigenvalue weighted by Gasteiger charge is 2.40. The van der Waals surface area contributed by atoms with Gasteiger partial charge in [-0.25, -0.2) is 17.2 Å². The summed E-state index contributed by atoms with van der Waals surface area (Å²) in [6, 6.07) is 6.76. The minimum Gasteiger partial charge on any atom is -0.454 e. The molecular weight excluding hydrogens is 440 g/mol. The molecule has 168 valence electrons. The predicted molar refractivity (Wildman–Crippen MR) is 111 cm³/mol. The Bertz CT molecular complexity index is 1260. The Morgan fingerprint density at radius 3 is 2.53 bits per heavy atom. The van der Waals surface area contributed by atoms with E-state index >= 15 is 0 Å². The summed E-state index contributed by atoms with van der Waals surface area (Å²) in [6.45, 7) is 2.72. The van der Waals surface area contributed by atoms with Gasteiger partial charge in [0, 0.05) is 37.1 Å². The summed E-state index contributed by atoms with van der Waals surface area (Å²) >= 11 is 0. The maximum atomic E-state index is 14.9. The molecule has 0 bridgehead atoms. The molecule has 0 fully saturated rings. The Labute approximate surface area is 184 Å². The quantitative estimate of drug-likeness (QED) is 0.479. The van der Waals surface area contributed by atoms with Gasteiger partial charge in [0.2, 0.25) is 0 Å². The van der Waals surface area contributed by atoms with Crippen molar-refractivity contribution in [3.8, 4) is 6.07 Å². The van der Waals surface area contributed by atoms with Gasteiger partial charge in [0.15, 0.2) is 21.7 Å². The van der Waals surface area contributed by atoms with Crippen molar-refractivity contribution in [2.24, 2.45) is 0 Å². The average Bonchev–Trinajstić information content (AvgIpc) is 3.03. The largest absolute Gasteiger partial charge is 0.454 e. The lowest BCUT2D eigenvalue weighted by molar-refractivity contribution is -0.149. The fourth-order valence-electron chi connectivity index (χ4n) is 4.08. The lowest BCUT2D eigenvalue weighted by Gasteiger charge is -2.18. The predicted octanol–water partition coefficient (Wildman–Crippen LogP) is 3.78. The number of halogens is 2. The summed E-state index contributed by atoms with van der Waals surface area (Å²) in [5, 5.41) is 9.50. The standard InChI is InChI=1S/C23H21F2NO5S/c1-4-20(28)18-9-15(24)7-14(11-26)16(18)8-13-5-6-21(32(3,29)30)22-17(13)10-19(25)23(22)31-12(2)27/h5-7,9,19,23H,4,8,10H2,1-3H3. The van der Waals surface area contributed by atoms with E-state index in [0.29, 0.717) is 11.1 Å². The molecule has 32 heavy (non-hydrogen) atoms. The molecule has 0 saturated heterocycles. The lowest BCUT2D eigenvalue weighted by atomic mass is 9.89. The number of ketones is 1. The van der Waals surface area contributed by atoms with Crippen LogP contribution in [-0.2, 0) is 32.2 Å². The number of hydrogen-bond donors (Lipinski definition) is 0. The summed E-state index contributed by atoms with van der Waals surface area (Å²) in [6.07, 6.45) is -2.19. The highest BCUT2D eigenvalue weighted by molar-refractivity contribution is 7.90. The fourth-order valence-corrected chi connectivity index (χ4v) is 5.04. The van der Waals surface area contributed by atoms with Crippen LogP contribution in [0.3, 0.4) is 0 Å². The van der Waals surface area contributed by atoms with E-state index in [1.165, 1.54) is 12.1 Å². The van der Waals surface area contributed by atoms with Crippen LogP contribution in [0, 0.1) is 17.1 Å². The average molecular weight is 461 g/mol. The first-order chi connectivity index (χ1) is 15.0. The van der Waals surface area contributed by atoms with Crippen LogP contribution in [0.5, 0.6) is 0 Å². The van der Waals surface area contributed by atoms with E-state index in [1.807, 2.05) is 6.07 Å². The van der Waals surface area contributed by atoms with Crippen LogP contribution in [-0.4, -0.2) is 32.6 Å². The summed E-state index contributed by atoms with van der Waals surface area (Å²) in [5.41, 5.74) is 1.18. The molecule has 6 nitrogen and oxygen atoms in total. The Kier molecular flexibility index (Phi) is 6.46. The Balaban J connectivity index is 2.23. The van der Waals surface area contributed by atoms with E-state index in [4.69, 9.17) is 4.74 Å². The molecule has 0 spiro atoms. The van der Waals surface area contributed by atoms with Gasteiger partial charge in [-0.15, -0.1) is 0 Å². The monoisotopic (exact) mass is 461 g/mol. The molecule has 1 aliphatic carbocycles. The molecule has 3 rings (SSSR count). The number of ether oxygens (including phenoxy) is 1. The van der Waals surface area contributed by atoms with Gasteiger partial charge in [0.1, 0.15) is 12.0 Å². The second kappa shape index (κ2) is 8.79. The van der Waals surface area contributed by atoms with Crippen LogP contribution in [0.15, 0.2) is 29.2 Å². The molecule has 2 aromatic carbocycles. The number of Topliss-reactive ketones (excluding diaryl/α,β-unsaturated/α-hetero) is 1. The van der Waals surface area contributed by atoms with Crippen molar-refractivity contribution in [2.45, 2.75) is 50.3 Å². The molecule has 0 amide bonds. The molecule has 0 radical (unpaired) electrons. The maximum absolute atomic E-state index is 14.9. The SMILES string of the molecule is CCC(=O)c1cc(F)cc(C#N)c1Cc1ccc(S(C)(=O)=O)c2c1CC(F)C2OC(C)=O. The van der Waals surface area contributed by atoms with Gasteiger partial charge in [-0.3, -0.25) is 9.59 Å². The Morgan fingerprint density at radius 1 is 1.28 bits per heavy atom. The van der Waals surface area contributed by atoms with Crippen molar-refractivity contribution >= 4 is 21.6 Å². The van der Waals surface area contributed by atoms with Crippen LogP contribution >= 0.6 is 0 Å². The number of fused-ring (bicyclic) bond motifs is 1. The minimum absolute atomic E-state index is 0.0177. The zero-order chi connectivity index (χ0) is 23.8. The number of rotatable bonds is 6. The van der Waals surface area contributed by atoms with Crippen molar-refractivity contribution in [1.82, 2.24) is 0 Å². The third-order valence-electron chi connectivity index (χ3n) is 5.44. The van der Waals surface area contributed by atoms with Crippen LogP contribution in [0.4, 0.5) is 8.78 Å². The number of nitrogens with zero attached hydrogens (tertiary/aromatic N) is 1. The van der Waals surface area contributed by atoms with Crippen molar-refractivity contribution < 1.29 is 31.5 Å². The van der Waals surface area contributed by atoms with Gasteiger partial charge in [-0.1, -0.05) is 13.0 Å². The Morgan fingerprint density at radius 2 is 1.97 bits per heavy atom. The van der Waals surface area contributed by atoms with E-state index in [9.17, 15) is 32.0 Å². The van der Waals surface area contributed by atoms with Gasteiger partial charge in [-0.2, -0.15) is 5.26 Å². The fraction of sp³-hybridized carbons (Fsp3) is 0.348. The van der Waals surface area contributed by atoms with Crippen molar-refractivity contribution in [3.05, 3.63) is 63.5 Å². The van der Waals surface area contributed by atoms with E-state index in [0.717, 1.165) is 25.3 Å². The second-order valence-corrected chi connectivity index (χ2v) is 9.67. The van der Waals surface area contributed by atoms with E-state index < -0.39 is 33.9 Å². The van der Waals surface area contributed by atoms with Gasteiger partial charge >= 0.3 is 5.97 Å². The lowest BCUT2D eigenvalue weighted by Crippen LogP contribution is -2.17. The normalized spacial score (nSPS) is 17.5. The highest BCUT2D eigenvalue weighted by atomic mass is 32.2. The van der Waals surface area contributed by atoms with Crippen molar-refractivity contribution in [2.75, 3.05) is 6.26 Å². The molecule has 9 heteroatoms. The number of hydrogen-bond acceptors (Lipinski definition) is 6. The molecule has 0 heterocycles. The number of carbonyl (C=O) groups is 2. The van der Waals surface area contributed by atoms with Crippen LogP contribution in [0.2, 0.25) is 0 Å². The van der Waals surface area contributed by atoms with Crippen LogP contribution in [0.1, 0.15) is 64.5 Å². The van der Waals surface area contributed by atoms with E-state index in [1.54, 1.807) is 6.92 Å². The zero-order valence-corrected chi connectivity index (χ0v) is 18.6. The summed E-state index contributed by atoms with van der Waals surface area (Å²) in [5.74, 6) is -1.84. The first-order valence-electron chi connectivity index (χ1n) is 9.89. The second-order valence-electron chi connectivity index (χ2n) is 7.68. The number of esters is 1. The summed E-state index contributed by atoms with van der Waals surface area (Å²) in [7, 11) is -3.77. The molecule has 0 aromatic heterocycles. The first-order valence-corrected chi connectivity index (χ1v) is 11.8. The molecule has 0 saturated carbocycles. The third kappa shape index (κ3) is 4.41. The molecule has 2 atom stereocenters. The summed E-state index contributed by atoms with van der Waals surface area (Å²) in [4.78, 5) is 23.8. The van der Waals surface area contributed by atoms with Gasteiger partial charge < -0.3 is 4.74 Å². The maximum Gasteiger partial charge on any atom is 0.303 e. The topological polar surface area (TPSA) is 101 Å². The van der Waals surface area contributed by atoms with Crippen molar-refractivity contribution in [1.29, 1.82) is 5.26 Å². The Hall–Kier alpha value is -3.12. The van der Waals surface area contributed by atoms with Gasteiger partial charge in [0.25, 0.3) is 0 Å². The van der Waals surface area contributed by atoms with Gasteiger partial charge in [0.05, 0.1) is 16.5 Å². The number of sulfone groups is 1. The minimum atomic E-state index is -3.77. The number of carbonyl (C=O) groups excluding carboxylic acids is 2.